The van der Waals surface area contributed by atoms with E-state index in [1.807, 2.05) is 30.6 Å². The summed E-state index contributed by atoms with van der Waals surface area (Å²) in [5, 5.41) is 7.42. The number of hydrogen-bond acceptors (Lipinski definition) is 7. The first-order valence-electron chi connectivity index (χ1n) is 12.5. The topological polar surface area (TPSA) is 109 Å². The van der Waals surface area contributed by atoms with Gasteiger partial charge in [0.2, 0.25) is 5.88 Å². The Kier molecular flexibility index (Phi) is 8.46. The molecule has 8 nitrogen and oxygen atoms in total. The van der Waals surface area contributed by atoms with Gasteiger partial charge in [0, 0.05) is 42.4 Å². The summed E-state index contributed by atoms with van der Waals surface area (Å²) in [5.74, 6) is 1.57. The highest BCUT2D eigenvalue weighted by atomic mass is 16.5. The number of amidine groups is 1. The minimum absolute atomic E-state index is 0.0622. The van der Waals surface area contributed by atoms with Gasteiger partial charge in [-0.1, -0.05) is 31.7 Å². The van der Waals surface area contributed by atoms with Crippen LogP contribution >= 0.6 is 0 Å². The first-order chi connectivity index (χ1) is 16.6. The molecule has 182 valence electrons. The molecule has 3 N–H and O–H groups in total. The van der Waals surface area contributed by atoms with Gasteiger partial charge in [-0.15, -0.1) is 0 Å². The highest BCUT2D eigenvalue weighted by molar-refractivity contribution is 5.85. The van der Waals surface area contributed by atoms with E-state index in [1.54, 1.807) is 0 Å². The van der Waals surface area contributed by atoms with E-state index in [2.05, 4.69) is 26.9 Å². The van der Waals surface area contributed by atoms with Crippen LogP contribution in [0.15, 0.2) is 41.7 Å². The second-order valence-electron chi connectivity index (χ2n) is 9.28. The van der Waals surface area contributed by atoms with Crippen molar-refractivity contribution < 1.29 is 14.6 Å². The molecule has 34 heavy (non-hydrogen) atoms. The molecule has 1 unspecified atom stereocenters. The van der Waals surface area contributed by atoms with E-state index in [-0.39, 0.29) is 6.17 Å². The van der Waals surface area contributed by atoms with Crippen LogP contribution in [0.2, 0.25) is 0 Å². The number of ether oxygens (including phenoxy) is 1. The van der Waals surface area contributed by atoms with Gasteiger partial charge in [0.15, 0.2) is 0 Å². The van der Waals surface area contributed by atoms with Gasteiger partial charge >= 0.3 is 0 Å². The van der Waals surface area contributed by atoms with E-state index in [4.69, 9.17) is 19.6 Å². The average molecular weight is 466 g/mol. The van der Waals surface area contributed by atoms with Gasteiger partial charge in [-0.3, -0.25) is 9.78 Å². The Hall–Kier alpha value is -3.00. The number of aliphatic carboxylic acids is 1. The molecule has 0 bridgehead atoms. The van der Waals surface area contributed by atoms with Crippen molar-refractivity contribution in [1.29, 1.82) is 0 Å². The van der Waals surface area contributed by atoms with Gasteiger partial charge in [0.25, 0.3) is 5.97 Å². The maximum absolute atomic E-state index is 9.00. The fraction of sp³-hybridized carbons (Fsp3) is 0.538. The Morgan fingerprint density at radius 2 is 1.65 bits per heavy atom. The minimum Gasteiger partial charge on any atom is -0.481 e. The van der Waals surface area contributed by atoms with Crippen molar-refractivity contribution in [3.8, 4) is 17.1 Å². The predicted octanol–water partition coefficient (Wildman–Crippen LogP) is 5.03. The van der Waals surface area contributed by atoms with Crippen molar-refractivity contribution in [2.75, 3.05) is 0 Å². The largest absolute Gasteiger partial charge is 0.481 e. The van der Waals surface area contributed by atoms with Gasteiger partial charge in [0.05, 0.1) is 5.69 Å². The number of hydrazine groups is 1. The quantitative estimate of drug-likeness (QED) is 0.568. The van der Waals surface area contributed by atoms with E-state index >= 15 is 0 Å². The number of carbonyl (C=O) groups is 1. The fourth-order valence-corrected chi connectivity index (χ4v) is 4.78. The van der Waals surface area contributed by atoms with Crippen LogP contribution in [0, 0.1) is 5.92 Å². The van der Waals surface area contributed by atoms with Crippen LogP contribution in [0.1, 0.15) is 82.9 Å². The monoisotopic (exact) mass is 465 g/mol. The summed E-state index contributed by atoms with van der Waals surface area (Å²) in [5.41, 5.74) is 9.60. The zero-order valence-corrected chi connectivity index (χ0v) is 19.9. The number of carboxylic acids is 1. The fourth-order valence-electron chi connectivity index (χ4n) is 4.78. The molecule has 5 rings (SSSR count). The molecule has 2 aromatic rings. The third kappa shape index (κ3) is 6.76. The summed E-state index contributed by atoms with van der Waals surface area (Å²) in [6.45, 7) is 1.08. The number of aromatic nitrogens is 2. The van der Waals surface area contributed by atoms with Crippen molar-refractivity contribution >= 4 is 11.8 Å². The molecule has 2 aromatic heterocycles. The molecule has 2 aliphatic carbocycles. The molecule has 0 aromatic carbocycles. The third-order valence-electron chi connectivity index (χ3n) is 6.57. The molecule has 0 saturated heterocycles. The Bertz CT molecular complexity index is 945. The van der Waals surface area contributed by atoms with E-state index in [0.29, 0.717) is 17.9 Å². The van der Waals surface area contributed by atoms with E-state index in [1.165, 1.54) is 51.4 Å². The molecular formula is C26H35N5O3. The molecule has 0 spiro atoms. The van der Waals surface area contributed by atoms with Crippen molar-refractivity contribution in [2.24, 2.45) is 10.9 Å². The highest BCUT2D eigenvalue weighted by Crippen LogP contribution is 2.28. The van der Waals surface area contributed by atoms with Crippen LogP contribution in [0.25, 0.3) is 11.3 Å². The number of carboxylic acid groups (broad SMARTS) is 1. The summed E-state index contributed by atoms with van der Waals surface area (Å²) in [6.07, 6.45) is 16.6. The maximum atomic E-state index is 9.00. The van der Waals surface area contributed by atoms with Crippen molar-refractivity contribution in [3.63, 3.8) is 0 Å². The van der Waals surface area contributed by atoms with E-state index in [9.17, 15) is 0 Å². The molecule has 1 aliphatic heterocycles. The molecule has 2 fully saturated rings. The lowest BCUT2D eigenvalue weighted by Gasteiger charge is -2.22. The number of aliphatic imine (C=N–C) groups is 1. The third-order valence-corrected chi connectivity index (χ3v) is 6.57. The lowest BCUT2D eigenvalue weighted by atomic mass is 9.88. The Balaban J connectivity index is 0.000000636. The van der Waals surface area contributed by atoms with Gasteiger partial charge in [-0.25, -0.2) is 15.4 Å². The minimum atomic E-state index is -0.833. The van der Waals surface area contributed by atoms with Crippen LogP contribution in [0.5, 0.6) is 5.88 Å². The van der Waals surface area contributed by atoms with E-state index in [0.717, 1.165) is 42.4 Å². The Labute approximate surface area is 201 Å². The van der Waals surface area contributed by atoms with E-state index < -0.39 is 5.97 Å². The van der Waals surface area contributed by atoms with Crippen LogP contribution in [-0.2, 0) is 4.79 Å². The summed E-state index contributed by atoms with van der Waals surface area (Å²) in [6, 6.07) is 8.15. The van der Waals surface area contributed by atoms with Crippen LogP contribution in [-0.4, -0.2) is 33.0 Å². The number of hydrogen-bond donors (Lipinski definition) is 3. The summed E-state index contributed by atoms with van der Waals surface area (Å²) in [7, 11) is 0. The second kappa shape index (κ2) is 11.9. The Morgan fingerprint density at radius 1 is 0.941 bits per heavy atom. The molecule has 8 heteroatoms. The van der Waals surface area contributed by atoms with Crippen molar-refractivity contribution in [1.82, 2.24) is 20.8 Å². The normalized spacial score (nSPS) is 21.1. The van der Waals surface area contributed by atoms with Gasteiger partial charge < -0.3 is 15.3 Å². The number of pyridine rings is 2. The first-order valence-corrected chi connectivity index (χ1v) is 12.5. The van der Waals surface area contributed by atoms with Crippen LogP contribution < -0.4 is 15.6 Å². The SMILES string of the molecule is CC(=O)O.c1cc(OC2CCCCC2)ncc1-c1ccc(C2N=C(C3CCCCC3)NN2)cn1. The predicted molar refractivity (Wildman–Crippen MR) is 131 cm³/mol. The highest BCUT2D eigenvalue weighted by Gasteiger charge is 2.26. The lowest BCUT2D eigenvalue weighted by molar-refractivity contribution is -0.134. The summed E-state index contributed by atoms with van der Waals surface area (Å²) in [4.78, 5) is 23.0. The van der Waals surface area contributed by atoms with Gasteiger partial charge in [-0.2, -0.15) is 0 Å². The Morgan fingerprint density at radius 3 is 2.26 bits per heavy atom. The smallest absolute Gasteiger partial charge is 0.300 e. The lowest BCUT2D eigenvalue weighted by Crippen LogP contribution is -2.36. The second-order valence-corrected chi connectivity index (χ2v) is 9.28. The van der Waals surface area contributed by atoms with Crippen molar-refractivity contribution in [2.45, 2.75) is 83.4 Å². The standard InChI is InChI=1S/C24H31N5O.C2H4O2/c1-3-7-17(8-4-1)23-27-24(29-28-23)19-11-13-21(25-16-19)18-12-14-22(26-15-18)30-20-9-5-2-6-10-20;1-2(3)4/h11-17,20,24,29H,1-10H2,(H,27,28);1H3,(H,3,4). The van der Waals surface area contributed by atoms with Gasteiger partial charge in [0.1, 0.15) is 18.1 Å². The van der Waals surface area contributed by atoms with Crippen LogP contribution in [0.3, 0.4) is 0 Å². The summed E-state index contributed by atoms with van der Waals surface area (Å²) >= 11 is 0. The zero-order chi connectivity index (χ0) is 23.8. The molecule has 1 atom stereocenters. The molecule has 2 saturated carbocycles. The number of nitrogens with one attached hydrogen (secondary N) is 2. The van der Waals surface area contributed by atoms with Crippen molar-refractivity contribution in [3.05, 3.63) is 42.2 Å². The number of rotatable bonds is 5. The average Bonchev–Trinajstić information content (AvgIpc) is 3.36. The molecular weight excluding hydrogens is 430 g/mol. The van der Waals surface area contributed by atoms with Crippen LogP contribution in [0.4, 0.5) is 0 Å². The molecule has 0 amide bonds. The van der Waals surface area contributed by atoms with Gasteiger partial charge in [-0.05, 0) is 50.7 Å². The first kappa shape index (κ1) is 24.1. The molecule has 3 heterocycles. The molecule has 3 aliphatic rings. The maximum Gasteiger partial charge on any atom is 0.300 e. The molecule has 0 radical (unpaired) electrons. The summed E-state index contributed by atoms with van der Waals surface area (Å²) < 4.78 is 6.03. The zero-order valence-electron chi connectivity index (χ0n) is 19.9. The number of nitrogens with zero attached hydrogens (tertiary/aromatic N) is 3.